The van der Waals surface area contributed by atoms with Gasteiger partial charge in [0.25, 0.3) is 0 Å². The number of fused-ring (bicyclic) bond motifs is 1. The lowest BCUT2D eigenvalue weighted by molar-refractivity contribution is 0.303. The molecule has 2 unspecified atom stereocenters. The average molecular weight is 138 g/mol. The molecule has 58 valence electrons. The van der Waals surface area contributed by atoms with Crippen molar-refractivity contribution in [3.8, 4) is 0 Å². The van der Waals surface area contributed by atoms with E-state index < -0.39 is 0 Å². The molecule has 2 fully saturated rings. The van der Waals surface area contributed by atoms with Crippen molar-refractivity contribution in [1.82, 2.24) is 0 Å². The van der Waals surface area contributed by atoms with Crippen LogP contribution in [0.2, 0.25) is 0 Å². The van der Waals surface area contributed by atoms with Crippen molar-refractivity contribution in [3.05, 3.63) is 0 Å². The topological polar surface area (TPSA) is 0 Å². The minimum Gasteiger partial charge on any atom is -0.0599 e. The van der Waals surface area contributed by atoms with Gasteiger partial charge in [-0.2, -0.15) is 0 Å². The first-order valence-electron chi connectivity index (χ1n) is 4.37. The van der Waals surface area contributed by atoms with Gasteiger partial charge in [-0.3, -0.25) is 0 Å². The van der Waals surface area contributed by atoms with Crippen LogP contribution >= 0.6 is 0 Å². The molecule has 0 aromatic rings. The Balaban J connectivity index is 2.24. The van der Waals surface area contributed by atoms with Crippen molar-refractivity contribution >= 4 is 0 Å². The summed E-state index contributed by atoms with van der Waals surface area (Å²) >= 11 is 0. The molecule has 0 N–H and O–H groups in total. The Morgan fingerprint density at radius 2 is 1.10 bits per heavy atom. The van der Waals surface area contributed by atoms with E-state index in [9.17, 15) is 0 Å². The molecule has 0 spiro atoms. The Hall–Kier alpha value is 0. The summed E-state index contributed by atoms with van der Waals surface area (Å²) in [5.74, 6) is 0. The lowest BCUT2D eigenvalue weighted by Gasteiger charge is -2.21. The zero-order valence-electron chi connectivity index (χ0n) is 7.62. The third kappa shape index (κ3) is 0.627. The van der Waals surface area contributed by atoms with Gasteiger partial charge in [0, 0.05) is 0 Å². The molecule has 0 aliphatic heterocycles. The largest absolute Gasteiger partial charge is 0.0599 e. The van der Waals surface area contributed by atoms with Gasteiger partial charge in [0.1, 0.15) is 0 Å². The van der Waals surface area contributed by atoms with E-state index in [4.69, 9.17) is 0 Å². The van der Waals surface area contributed by atoms with E-state index >= 15 is 0 Å². The normalized spacial score (nSPS) is 56.4. The molecule has 2 rings (SSSR count). The van der Waals surface area contributed by atoms with Crippen molar-refractivity contribution in [3.63, 3.8) is 0 Å². The lowest BCUT2D eigenvalue weighted by atomic mass is 9.85. The Morgan fingerprint density at radius 1 is 0.700 bits per heavy atom. The van der Waals surface area contributed by atoms with E-state index in [0.717, 1.165) is 10.8 Å². The highest BCUT2D eigenvalue weighted by Crippen LogP contribution is 2.77. The predicted octanol–water partition coefficient (Wildman–Crippen LogP) is 3.22. The van der Waals surface area contributed by atoms with Gasteiger partial charge in [-0.25, -0.2) is 0 Å². The monoisotopic (exact) mass is 138 g/mol. The first-order chi connectivity index (χ1) is 4.37. The summed E-state index contributed by atoms with van der Waals surface area (Å²) in [6.45, 7) is 9.74. The molecule has 0 saturated heterocycles. The fraction of sp³-hybridized carbons (Fsp3) is 1.00. The molecule has 2 saturated carbocycles. The summed E-state index contributed by atoms with van der Waals surface area (Å²) in [7, 11) is 0. The van der Waals surface area contributed by atoms with E-state index in [1.165, 1.54) is 19.3 Å². The molecule has 0 radical (unpaired) electrons. The molecule has 2 aliphatic rings. The van der Waals surface area contributed by atoms with Gasteiger partial charge in [0.15, 0.2) is 0 Å². The summed E-state index contributed by atoms with van der Waals surface area (Å²) in [5.41, 5.74) is 2.11. The first-order valence-corrected chi connectivity index (χ1v) is 4.37. The van der Waals surface area contributed by atoms with Gasteiger partial charge in [-0.15, -0.1) is 0 Å². The van der Waals surface area contributed by atoms with Crippen LogP contribution in [-0.4, -0.2) is 0 Å². The average Bonchev–Trinajstić information content (AvgIpc) is 1.93. The van der Waals surface area contributed by atoms with Gasteiger partial charge in [0.05, 0.1) is 0 Å². The van der Waals surface area contributed by atoms with Gasteiger partial charge >= 0.3 is 0 Å². The zero-order chi connectivity index (χ0) is 7.62. The highest BCUT2D eigenvalue weighted by atomic mass is 14.7. The Bertz CT molecular complexity index is 162. The minimum absolute atomic E-state index is 0.641. The van der Waals surface area contributed by atoms with Crippen LogP contribution in [0, 0.1) is 16.2 Å². The van der Waals surface area contributed by atoms with E-state index in [-0.39, 0.29) is 0 Å². The molecule has 0 aromatic heterocycles. The van der Waals surface area contributed by atoms with Crippen LogP contribution < -0.4 is 0 Å². The van der Waals surface area contributed by atoms with Gasteiger partial charge in [-0.05, 0) is 35.5 Å². The summed E-state index contributed by atoms with van der Waals surface area (Å²) in [6.07, 6.45) is 4.40. The van der Waals surface area contributed by atoms with Crippen molar-refractivity contribution in [2.45, 2.75) is 47.0 Å². The smallest absolute Gasteiger partial charge is 0.0261 e. The molecule has 0 aromatic carbocycles. The minimum atomic E-state index is 0.641. The van der Waals surface area contributed by atoms with Gasteiger partial charge in [0.2, 0.25) is 0 Å². The second-order valence-electron chi connectivity index (χ2n) is 5.82. The van der Waals surface area contributed by atoms with Gasteiger partial charge in [-0.1, -0.05) is 27.7 Å². The molecule has 0 amide bonds. The number of hydrogen-bond donors (Lipinski definition) is 0. The molecule has 10 heavy (non-hydrogen) atoms. The standard InChI is InChI=1S/C10H18/c1-8(2)5-9(3)7-10(9,4)6-8/h5-7H2,1-4H3. The quantitative estimate of drug-likeness (QED) is 0.482. The number of hydrogen-bond acceptors (Lipinski definition) is 0. The van der Waals surface area contributed by atoms with E-state index in [1.807, 2.05) is 0 Å². The third-order valence-electron chi connectivity index (χ3n) is 3.85. The lowest BCUT2D eigenvalue weighted by Crippen LogP contribution is -2.09. The summed E-state index contributed by atoms with van der Waals surface area (Å²) in [5, 5.41) is 0. The molecule has 0 heteroatoms. The summed E-state index contributed by atoms with van der Waals surface area (Å²) < 4.78 is 0. The Kier molecular flexibility index (Phi) is 0.874. The molecular formula is C10H18. The van der Waals surface area contributed by atoms with E-state index in [2.05, 4.69) is 27.7 Å². The third-order valence-corrected chi connectivity index (χ3v) is 3.85. The van der Waals surface area contributed by atoms with Crippen LogP contribution in [0.25, 0.3) is 0 Å². The SMILES string of the molecule is CC1(C)CC2(C)CC2(C)C1. The molecular weight excluding hydrogens is 120 g/mol. The predicted molar refractivity (Wildman–Crippen MR) is 43.8 cm³/mol. The van der Waals surface area contributed by atoms with Crippen LogP contribution in [0.1, 0.15) is 47.0 Å². The fourth-order valence-corrected chi connectivity index (χ4v) is 3.54. The van der Waals surface area contributed by atoms with Crippen LogP contribution in [-0.2, 0) is 0 Å². The van der Waals surface area contributed by atoms with Crippen molar-refractivity contribution in [2.24, 2.45) is 16.2 Å². The van der Waals surface area contributed by atoms with Crippen molar-refractivity contribution in [2.75, 3.05) is 0 Å². The zero-order valence-corrected chi connectivity index (χ0v) is 7.62. The Labute approximate surface area is 64.0 Å². The highest BCUT2D eigenvalue weighted by Gasteiger charge is 2.67. The molecule has 2 atom stereocenters. The second kappa shape index (κ2) is 1.31. The second-order valence-corrected chi connectivity index (χ2v) is 5.82. The molecule has 0 bridgehead atoms. The van der Waals surface area contributed by atoms with Crippen LogP contribution in [0.5, 0.6) is 0 Å². The van der Waals surface area contributed by atoms with Crippen LogP contribution in [0.15, 0.2) is 0 Å². The Morgan fingerprint density at radius 3 is 1.30 bits per heavy atom. The van der Waals surface area contributed by atoms with Crippen LogP contribution in [0.4, 0.5) is 0 Å². The maximum absolute atomic E-state index is 2.46. The van der Waals surface area contributed by atoms with E-state index in [0.29, 0.717) is 5.41 Å². The van der Waals surface area contributed by atoms with Crippen molar-refractivity contribution < 1.29 is 0 Å². The first kappa shape index (κ1) is 6.69. The fourth-order valence-electron chi connectivity index (χ4n) is 3.54. The summed E-state index contributed by atoms with van der Waals surface area (Å²) in [4.78, 5) is 0. The molecule has 2 aliphatic carbocycles. The maximum Gasteiger partial charge on any atom is -0.0261 e. The molecule has 0 nitrogen and oxygen atoms in total. The highest BCUT2D eigenvalue weighted by molar-refractivity contribution is 5.17. The summed E-state index contributed by atoms with van der Waals surface area (Å²) in [6, 6.07) is 0. The van der Waals surface area contributed by atoms with Crippen molar-refractivity contribution in [1.29, 1.82) is 0 Å². The van der Waals surface area contributed by atoms with Gasteiger partial charge < -0.3 is 0 Å². The maximum atomic E-state index is 2.46. The van der Waals surface area contributed by atoms with Crippen LogP contribution in [0.3, 0.4) is 0 Å². The molecule has 0 heterocycles. The number of rotatable bonds is 0. The van der Waals surface area contributed by atoms with E-state index in [1.54, 1.807) is 0 Å².